The lowest BCUT2D eigenvalue weighted by Crippen LogP contribution is -2.25. The molecule has 0 bridgehead atoms. The lowest BCUT2D eigenvalue weighted by Gasteiger charge is -2.12. The maximum Gasteiger partial charge on any atom is 0.255 e. The van der Waals surface area contributed by atoms with Crippen molar-refractivity contribution < 1.29 is 9.90 Å². The van der Waals surface area contributed by atoms with Crippen molar-refractivity contribution in [1.82, 2.24) is 20.1 Å². The van der Waals surface area contributed by atoms with Crippen molar-refractivity contribution >= 4 is 17.7 Å². The monoisotopic (exact) mass is 362 g/mol. The number of aryl methyl sites for hydroxylation is 2. The molecule has 1 aromatic heterocycles. The Kier molecular flexibility index (Phi) is 6.87. The molecule has 6 nitrogen and oxygen atoms in total. The average Bonchev–Trinajstić information content (AvgIpc) is 2.92. The molecule has 25 heavy (non-hydrogen) atoms. The van der Waals surface area contributed by atoms with Crippen LogP contribution in [-0.2, 0) is 13.0 Å². The number of carbonyl (C=O) groups excluding carboxylic acids is 1. The Morgan fingerprint density at radius 3 is 2.76 bits per heavy atom. The summed E-state index contributed by atoms with van der Waals surface area (Å²) in [5, 5.41) is 22.1. The van der Waals surface area contributed by atoms with E-state index in [1.54, 1.807) is 23.9 Å². The average molecular weight is 362 g/mol. The predicted octanol–water partition coefficient (Wildman–Crippen LogP) is 3.03. The lowest BCUT2D eigenvalue weighted by molar-refractivity contribution is 0.0950. The Labute approximate surface area is 153 Å². The molecule has 0 aliphatic heterocycles. The summed E-state index contributed by atoms with van der Waals surface area (Å²) in [5.74, 6) is 1.22. The summed E-state index contributed by atoms with van der Waals surface area (Å²) < 4.78 is 2.16. The van der Waals surface area contributed by atoms with E-state index in [-0.39, 0.29) is 11.7 Å². The quantitative estimate of drug-likeness (QED) is 0.557. The number of rotatable bonds is 8. The smallest absolute Gasteiger partial charge is 0.255 e. The highest BCUT2D eigenvalue weighted by atomic mass is 32.2. The van der Waals surface area contributed by atoms with E-state index in [0.29, 0.717) is 18.0 Å². The van der Waals surface area contributed by atoms with Gasteiger partial charge in [-0.2, -0.15) is 0 Å². The second-order valence-electron chi connectivity index (χ2n) is 6.49. The lowest BCUT2D eigenvalue weighted by atomic mass is 10.1. The fourth-order valence-corrected chi connectivity index (χ4v) is 3.10. The van der Waals surface area contributed by atoms with E-state index >= 15 is 0 Å². The van der Waals surface area contributed by atoms with E-state index in [9.17, 15) is 9.90 Å². The second-order valence-corrected chi connectivity index (χ2v) is 7.26. The van der Waals surface area contributed by atoms with E-state index in [1.807, 2.05) is 19.2 Å². The number of hydrogen-bond donors (Lipinski definition) is 2. The van der Waals surface area contributed by atoms with Gasteiger partial charge in [0.15, 0.2) is 5.16 Å². The van der Waals surface area contributed by atoms with Crippen molar-refractivity contribution in [2.45, 2.75) is 45.3 Å². The second kappa shape index (κ2) is 8.89. The molecule has 0 spiro atoms. The minimum Gasteiger partial charge on any atom is -0.507 e. The van der Waals surface area contributed by atoms with Gasteiger partial charge in [0.1, 0.15) is 11.6 Å². The molecule has 2 N–H and O–H groups in total. The van der Waals surface area contributed by atoms with Crippen LogP contribution in [0.4, 0.5) is 0 Å². The third kappa shape index (κ3) is 5.22. The van der Waals surface area contributed by atoms with Crippen molar-refractivity contribution in [3.05, 3.63) is 35.2 Å². The molecular weight excluding hydrogens is 336 g/mol. The first kappa shape index (κ1) is 19.3. The predicted molar refractivity (Wildman–Crippen MR) is 100 cm³/mol. The van der Waals surface area contributed by atoms with Gasteiger partial charge in [0.2, 0.25) is 0 Å². The van der Waals surface area contributed by atoms with Crippen molar-refractivity contribution in [2.24, 2.45) is 5.92 Å². The molecule has 136 valence electrons. The number of amides is 1. The Morgan fingerprint density at radius 2 is 2.12 bits per heavy atom. The molecule has 0 aliphatic carbocycles. The van der Waals surface area contributed by atoms with Gasteiger partial charge in [-0.3, -0.25) is 4.79 Å². The zero-order valence-corrected chi connectivity index (χ0v) is 16.1. The van der Waals surface area contributed by atoms with Crippen LogP contribution in [0.3, 0.4) is 0 Å². The molecule has 0 saturated heterocycles. The molecule has 2 aromatic rings. The van der Waals surface area contributed by atoms with E-state index < -0.39 is 0 Å². The van der Waals surface area contributed by atoms with Gasteiger partial charge in [-0.1, -0.05) is 31.7 Å². The standard InChI is InChI=1S/C18H26N4O2S/c1-12(2)11-22-16(20-21-18(22)25-4)6-5-9-19-17(24)14-8-7-13(3)10-15(14)23/h7-8,10,12,23H,5-6,9,11H2,1-4H3,(H,19,24). The van der Waals surface area contributed by atoms with Gasteiger partial charge in [0, 0.05) is 19.5 Å². The van der Waals surface area contributed by atoms with Crippen LogP contribution >= 0.6 is 11.8 Å². The van der Waals surface area contributed by atoms with Crippen LogP contribution in [-0.4, -0.2) is 38.6 Å². The topological polar surface area (TPSA) is 80.0 Å². The number of thioether (sulfide) groups is 1. The number of phenolic OH excluding ortho intramolecular Hbond substituents is 1. The van der Waals surface area contributed by atoms with Crippen LogP contribution < -0.4 is 5.32 Å². The molecule has 7 heteroatoms. The van der Waals surface area contributed by atoms with Gasteiger partial charge in [-0.05, 0) is 43.2 Å². The molecule has 0 unspecified atom stereocenters. The molecule has 1 amide bonds. The molecule has 0 aliphatic rings. The zero-order chi connectivity index (χ0) is 18.4. The van der Waals surface area contributed by atoms with E-state index in [4.69, 9.17) is 0 Å². The first-order valence-corrected chi connectivity index (χ1v) is 9.68. The van der Waals surface area contributed by atoms with Crippen LogP contribution in [0.5, 0.6) is 5.75 Å². The minimum absolute atomic E-state index is 0.0128. The van der Waals surface area contributed by atoms with Crippen molar-refractivity contribution in [2.75, 3.05) is 12.8 Å². The number of benzene rings is 1. The summed E-state index contributed by atoms with van der Waals surface area (Å²) >= 11 is 1.59. The highest BCUT2D eigenvalue weighted by Gasteiger charge is 2.13. The molecule has 0 radical (unpaired) electrons. The van der Waals surface area contributed by atoms with Gasteiger partial charge in [-0.25, -0.2) is 0 Å². The summed E-state index contributed by atoms with van der Waals surface area (Å²) in [4.78, 5) is 12.1. The van der Waals surface area contributed by atoms with Gasteiger partial charge >= 0.3 is 0 Å². The van der Waals surface area contributed by atoms with E-state index in [1.165, 1.54) is 0 Å². The number of carbonyl (C=O) groups is 1. The summed E-state index contributed by atoms with van der Waals surface area (Å²) in [6.07, 6.45) is 3.52. The Hall–Kier alpha value is -2.02. The number of hydrogen-bond acceptors (Lipinski definition) is 5. The molecule has 1 aromatic carbocycles. The van der Waals surface area contributed by atoms with Gasteiger partial charge in [0.25, 0.3) is 5.91 Å². The van der Waals surface area contributed by atoms with Crippen molar-refractivity contribution in [1.29, 1.82) is 0 Å². The van der Waals surface area contributed by atoms with Crippen LogP contribution in [0, 0.1) is 12.8 Å². The number of nitrogens with one attached hydrogen (secondary N) is 1. The summed E-state index contributed by atoms with van der Waals surface area (Å²) in [6, 6.07) is 5.05. The highest BCUT2D eigenvalue weighted by Crippen LogP contribution is 2.18. The van der Waals surface area contributed by atoms with Crippen molar-refractivity contribution in [3.8, 4) is 5.75 Å². The highest BCUT2D eigenvalue weighted by molar-refractivity contribution is 7.98. The van der Waals surface area contributed by atoms with Crippen molar-refractivity contribution in [3.63, 3.8) is 0 Å². The number of aromatic nitrogens is 3. The van der Waals surface area contributed by atoms with E-state index in [0.717, 1.165) is 35.9 Å². The summed E-state index contributed by atoms with van der Waals surface area (Å²) in [5.41, 5.74) is 1.22. The van der Waals surface area contributed by atoms with Gasteiger partial charge in [-0.15, -0.1) is 10.2 Å². The van der Waals surface area contributed by atoms with Crippen LogP contribution in [0.1, 0.15) is 42.0 Å². The van der Waals surface area contributed by atoms with Crippen LogP contribution in [0.15, 0.2) is 23.4 Å². The number of nitrogens with zero attached hydrogens (tertiary/aromatic N) is 3. The third-order valence-corrected chi connectivity index (χ3v) is 4.45. The molecule has 2 rings (SSSR count). The Balaban J connectivity index is 1.89. The maximum absolute atomic E-state index is 12.1. The van der Waals surface area contributed by atoms with Gasteiger partial charge in [0.05, 0.1) is 5.56 Å². The first-order chi connectivity index (χ1) is 11.9. The zero-order valence-electron chi connectivity index (χ0n) is 15.2. The molecule has 0 saturated carbocycles. The summed E-state index contributed by atoms with van der Waals surface area (Å²) in [7, 11) is 0. The minimum atomic E-state index is -0.258. The maximum atomic E-state index is 12.1. The third-order valence-electron chi connectivity index (χ3n) is 3.78. The summed E-state index contributed by atoms with van der Waals surface area (Å²) in [6.45, 7) is 7.62. The molecule has 0 atom stereocenters. The van der Waals surface area contributed by atoms with E-state index in [2.05, 4.69) is 33.9 Å². The molecule has 0 fully saturated rings. The fourth-order valence-electron chi connectivity index (χ4n) is 2.58. The fraction of sp³-hybridized carbons (Fsp3) is 0.500. The van der Waals surface area contributed by atoms with Crippen LogP contribution in [0.2, 0.25) is 0 Å². The Bertz CT molecular complexity index is 728. The normalized spacial score (nSPS) is 11.1. The first-order valence-electron chi connectivity index (χ1n) is 8.46. The molecular formula is C18H26N4O2S. The molecule has 1 heterocycles. The largest absolute Gasteiger partial charge is 0.507 e. The van der Waals surface area contributed by atoms with Crippen LogP contribution in [0.25, 0.3) is 0 Å². The number of phenols is 1. The van der Waals surface area contributed by atoms with Gasteiger partial charge < -0.3 is 15.0 Å². The Morgan fingerprint density at radius 1 is 1.36 bits per heavy atom. The number of aromatic hydroxyl groups is 1. The SMILES string of the molecule is CSc1nnc(CCCNC(=O)c2ccc(C)cc2O)n1CC(C)C.